The van der Waals surface area contributed by atoms with Crippen LogP contribution in [0.4, 0.5) is 0 Å². The molecule has 19 heavy (non-hydrogen) atoms. The van der Waals surface area contributed by atoms with Gasteiger partial charge in [0.2, 0.25) is 5.91 Å². The fraction of sp³-hybridized carbons (Fsp3) is 0.533. The first-order valence-electron chi connectivity index (χ1n) is 6.52. The molecule has 4 heteroatoms. The maximum absolute atomic E-state index is 11.1. The van der Waals surface area contributed by atoms with E-state index in [9.17, 15) is 4.79 Å². The number of methoxy groups -OCH3 is 1. The van der Waals surface area contributed by atoms with Crippen LogP contribution < -0.4 is 15.8 Å². The normalized spacial score (nSPS) is 11.2. The molecular formula is C15H24N2O2. The molecule has 1 aromatic carbocycles. The fourth-order valence-corrected chi connectivity index (χ4v) is 1.92. The molecule has 4 nitrogen and oxygen atoms in total. The number of amides is 1. The predicted molar refractivity (Wildman–Crippen MR) is 77.5 cm³/mol. The van der Waals surface area contributed by atoms with Crippen molar-refractivity contribution in [3.05, 3.63) is 29.3 Å². The van der Waals surface area contributed by atoms with Crippen LogP contribution in [0.2, 0.25) is 0 Å². The van der Waals surface area contributed by atoms with Crippen LogP contribution in [0.3, 0.4) is 0 Å². The lowest BCUT2D eigenvalue weighted by Gasteiger charge is -2.23. The quantitative estimate of drug-likeness (QED) is 0.849. The highest BCUT2D eigenvalue weighted by molar-refractivity contribution is 5.77. The van der Waals surface area contributed by atoms with Crippen LogP contribution in [0.15, 0.2) is 18.2 Å². The highest BCUT2D eigenvalue weighted by Gasteiger charge is 2.19. The first-order valence-corrected chi connectivity index (χ1v) is 6.52. The third kappa shape index (κ3) is 4.56. The Morgan fingerprint density at radius 1 is 1.37 bits per heavy atom. The van der Waals surface area contributed by atoms with E-state index in [0.29, 0.717) is 6.54 Å². The van der Waals surface area contributed by atoms with Gasteiger partial charge in [0.15, 0.2) is 0 Å². The molecule has 0 spiro atoms. The summed E-state index contributed by atoms with van der Waals surface area (Å²) in [5.41, 5.74) is 7.63. The van der Waals surface area contributed by atoms with Gasteiger partial charge in [0, 0.05) is 6.54 Å². The van der Waals surface area contributed by atoms with Gasteiger partial charge in [0.25, 0.3) is 0 Å². The van der Waals surface area contributed by atoms with Crippen LogP contribution in [0.25, 0.3) is 0 Å². The number of nitrogens with one attached hydrogen (secondary N) is 1. The summed E-state index contributed by atoms with van der Waals surface area (Å²) in [6.45, 7) is 7.11. The molecule has 0 unspecified atom stereocenters. The molecular weight excluding hydrogens is 240 g/mol. The summed E-state index contributed by atoms with van der Waals surface area (Å²) in [6.07, 6.45) is 0.790. The minimum atomic E-state index is -0.121. The van der Waals surface area contributed by atoms with Crippen LogP contribution in [-0.2, 0) is 16.6 Å². The number of hydrogen-bond acceptors (Lipinski definition) is 3. The molecule has 1 amide bonds. The molecule has 0 saturated carbocycles. The number of nitrogens with two attached hydrogens (primary N) is 1. The van der Waals surface area contributed by atoms with Crippen molar-refractivity contribution in [2.24, 2.45) is 5.73 Å². The summed E-state index contributed by atoms with van der Waals surface area (Å²) >= 11 is 0. The van der Waals surface area contributed by atoms with E-state index >= 15 is 0 Å². The smallest absolute Gasteiger partial charge is 0.233 e. The summed E-state index contributed by atoms with van der Waals surface area (Å²) in [7, 11) is 1.69. The van der Waals surface area contributed by atoms with Crippen molar-refractivity contribution in [1.82, 2.24) is 5.32 Å². The van der Waals surface area contributed by atoms with Crippen LogP contribution in [-0.4, -0.2) is 26.1 Å². The molecule has 0 bridgehead atoms. The lowest BCUT2D eigenvalue weighted by atomic mass is 9.85. The molecule has 1 aromatic rings. The minimum Gasteiger partial charge on any atom is -0.496 e. The second kappa shape index (κ2) is 6.57. The summed E-state index contributed by atoms with van der Waals surface area (Å²) in [6, 6.07) is 6.16. The highest BCUT2D eigenvalue weighted by atomic mass is 16.5. The van der Waals surface area contributed by atoms with Gasteiger partial charge >= 0.3 is 0 Å². The third-order valence-corrected chi connectivity index (χ3v) is 2.99. The zero-order valence-corrected chi connectivity index (χ0v) is 12.2. The summed E-state index contributed by atoms with van der Waals surface area (Å²) in [5.74, 6) is 0.784. The lowest BCUT2D eigenvalue weighted by Crippen LogP contribution is -2.31. The highest BCUT2D eigenvalue weighted by Crippen LogP contribution is 2.31. The topological polar surface area (TPSA) is 64.3 Å². The van der Waals surface area contributed by atoms with Crippen LogP contribution >= 0.6 is 0 Å². The van der Waals surface area contributed by atoms with Gasteiger partial charge in [0.1, 0.15) is 5.75 Å². The number of carbonyl (C=O) groups is 1. The summed E-state index contributed by atoms with van der Waals surface area (Å²) in [5, 5.41) is 2.77. The van der Waals surface area contributed by atoms with Crippen LogP contribution in [0.1, 0.15) is 31.9 Å². The van der Waals surface area contributed by atoms with E-state index in [-0.39, 0.29) is 17.9 Å². The number of benzene rings is 1. The summed E-state index contributed by atoms with van der Waals surface area (Å²) < 4.78 is 5.40. The number of ether oxygens (including phenoxy) is 1. The Morgan fingerprint density at radius 3 is 2.58 bits per heavy atom. The zero-order valence-electron chi connectivity index (χ0n) is 12.2. The molecule has 0 saturated heterocycles. The Balaban J connectivity index is 2.78. The monoisotopic (exact) mass is 264 g/mol. The van der Waals surface area contributed by atoms with E-state index in [2.05, 4.69) is 32.2 Å². The Morgan fingerprint density at radius 2 is 2.05 bits per heavy atom. The van der Waals surface area contributed by atoms with E-state index in [4.69, 9.17) is 10.5 Å². The average molecular weight is 264 g/mol. The van der Waals surface area contributed by atoms with Gasteiger partial charge in [-0.25, -0.2) is 0 Å². The number of carbonyl (C=O) groups excluding carboxylic acids is 1. The molecule has 0 aromatic heterocycles. The van der Waals surface area contributed by atoms with Gasteiger partial charge in [-0.05, 0) is 29.0 Å². The zero-order chi connectivity index (χ0) is 14.5. The SMILES string of the molecule is COc1ccc(CCNC(=O)CN)cc1C(C)(C)C. The van der Waals surface area contributed by atoms with Crippen molar-refractivity contribution in [3.63, 3.8) is 0 Å². The molecule has 0 aliphatic rings. The van der Waals surface area contributed by atoms with Crippen LogP contribution in [0, 0.1) is 0 Å². The average Bonchev–Trinajstić information content (AvgIpc) is 2.37. The van der Waals surface area contributed by atoms with Gasteiger partial charge in [-0.2, -0.15) is 0 Å². The maximum Gasteiger partial charge on any atom is 0.233 e. The molecule has 0 atom stereocenters. The van der Waals surface area contributed by atoms with Crippen molar-refractivity contribution in [2.45, 2.75) is 32.6 Å². The Labute approximate surface area is 115 Å². The number of rotatable bonds is 5. The Kier molecular flexibility index (Phi) is 5.36. The molecule has 1 rings (SSSR count). The molecule has 3 N–H and O–H groups in total. The molecule has 106 valence electrons. The molecule has 0 fully saturated rings. The van der Waals surface area contributed by atoms with E-state index in [0.717, 1.165) is 12.2 Å². The number of hydrogen-bond donors (Lipinski definition) is 2. The van der Waals surface area contributed by atoms with Gasteiger partial charge in [-0.15, -0.1) is 0 Å². The van der Waals surface area contributed by atoms with Crippen LogP contribution in [0.5, 0.6) is 5.75 Å². The van der Waals surface area contributed by atoms with Gasteiger partial charge in [0.05, 0.1) is 13.7 Å². The van der Waals surface area contributed by atoms with Crippen molar-refractivity contribution in [3.8, 4) is 5.75 Å². The molecule has 0 radical (unpaired) electrons. The third-order valence-electron chi connectivity index (χ3n) is 2.99. The Hall–Kier alpha value is -1.55. The second-order valence-electron chi connectivity index (χ2n) is 5.59. The van der Waals surface area contributed by atoms with Crippen molar-refractivity contribution >= 4 is 5.91 Å². The first kappa shape index (κ1) is 15.5. The molecule has 0 aliphatic carbocycles. The summed E-state index contributed by atoms with van der Waals surface area (Å²) in [4.78, 5) is 11.1. The Bertz CT molecular complexity index is 436. The largest absolute Gasteiger partial charge is 0.496 e. The fourth-order valence-electron chi connectivity index (χ4n) is 1.92. The second-order valence-corrected chi connectivity index (χ2v) is 5.59. The molecule has 0 heterocycles. The van der Waals surface area contributed by atoms with E-state index in [1.165, 1.54) is 11.1 Å². The molecule has 0 aliphatic heterocycles. The standard InChI is InChI=1S/C15H24N2O2/c1-15(2,3)12-9-11(5-6-13(12)19-4)7-8-17-14(18)10-16/h5-6,9H,7-8,10,16H2,1-4H3,(H,17,18). The van der Waals surface area contributed by atoms with E-state index in [1.807, 2.05) is 12.1 Å². The van der Waals surface area contributed by atoms with E-state index in [1.54, 1.807) is 7.11 Å². The van der Waals surface area contributed by atoms with Gasteiger partial charge in [-0.1, -0.05) is 32.9 Å². The predicted octanol–water partition coefficient (Wildman–Crippen LogP) is 1.61. The van der Waals surface area contributed by atoms with E-state index < -0.39 is 0 Å². The minimum absolute atomic E-state index is 0.0296. The lowest BCUT2D eigenvalue weighted by molar-refractivity contribution is -0.119. The first-order chi connectivity index (χ1) is 8.88. The van der Waals surface area contributed by atoms with Gasteiger partial charge in [-0.3, -0.25) is 4.79 Å². The van der Waals surface area contributed by atoms with Gasteiger partial charge < -0.3 is 15.8 Å². The van der Waals surface area contributed by atoms with Crippen molar-refractivity contribution in [2.75, 3.05) is 20.2 Å². The maximum atomic E-state index is 11.1. The van der Waals surface area contributed by atoms with Crippen molar-refractivity contribution in [1.29, 1.82) is 0 Å². The van der Waals surface area contributed by atoms with Crippen molar-refractivity contribution < 1.29 is 9.53 Å².